The van der Waals surface area contributed by atoms with E-state index in [9.17, 15) is 4.39 Å². The molecule has 2 nitrogen and oxygen atoms in total. The largest absolute Gasteiger partial charge is 0.396 e. The highest BCUT2D eigenvalue weighted by Gasteiger charge is 2.04. The van der Waals surface area contributed by atoms with Crippen LogP contribution in [0.3, 0.4) is 0 Å². The highest BCUT2D eigenvalue weighted by molar-refractivity contribution is 5.59. The van der Waals surface area contributed by atoms with Crippen molar-refractivity contribution in [2.45, 2.75) is 12.8 Å². The van der Waals surface area contributed by atoms with Crippen molar-refractivity contribution in [2.24, 2.45) is 0 Å². The van der Waals surface area contributed by atoms with E-state index in [0.29, 0.717) is 11.3 Å². The second kappa shape index (κ2) is 5.55. The SMILES string of the molecule is OCCCc1ccc(-c2ccccc2F)nc1. The maximum absolute atomic E-state index is 13.5. The number of halogens is 1. The van der Waals surface area contributed by atoms with Crippen LogP contribution in [0.15, 0.2) is 42.6 Å². The first-order chi connectivity index (χ1) is 8.31. The second-order valence-corrected chi connectivity index (χ2v) is 3.86. The van der Waals surface area contributed by atoms with E-state index in [1.165, 1.54) is 6.07 Å². The molecule has 2 rings (SSSR count). The van der Waals surface area contributed by atoms with Gasteiger partial charge >= 0.3 is 0 Å². The van der Waals surface area contributed by atoms with Crippen LogP contribution < -0.4 is 0 Å². The number of hydrogen-bond donors (Lipinski definition) is 1. The zero-order valence-corrected chi connectivity index (χ0v) is 9.44. The Morgan fingerprint density at radius 3 is 2.59 bits per heavy atom. The minimum Gasteiger partial charge on any atom is -0.396 e. The van der Waals surface area contributed by atoms with E-state index in [2.05, 4.69) is 4.98 Å². The molecule has 0 saturated heterocycles. The fraction of sp³-hybridized carbons (Fsp3) is 0.214. The zero-order chi connectivity index (χ0) is 12.1. The van der Waals surface area contributed by atoms with Gasteiger partial charge in [-0.15, -0.1) is 0 Å². The molecule has 3 heteroatoms. The number of aryl methyl sites for hydroxylation is 1. The number of aromatic nitrogens is 1. The Morgan fingerprint density at radius 2 is 1.94 bits per heavy atom. The summed E-state index contributed by atoms with van der Waals surface area (Å²) in [5.41, 5.74) is 2.20. The Balaban J connectivity index is 2.21. The lowest BCUT2D eigenvalue weighted by Crippen LogP contribution is -1.92. The summed E-state index contributed by atoms with van der Waals surface area (Å²) in [6, 6.07) is 10.3. The molecule has 0 aliphatic heterocycles. The van der Waals surface area contributed by atoms with Gasteiger partial charge in [-0.1, -0.05) is 18.2 Å². The highest BCUT2D eigenvalue weighted by atomic mass is 19.1. The highest BCUT2D eigenvalue weighted by Crippen LogP contribution is 2.20. The summed E-state index contributed by atoms with van der Waals surface area (Å²) < 4.78 is 13.5. The van der Waals surface area contributed by atoms with Crippen LogP contribution in [-0.4, -0.2) is 16.7 Å². The molecule has 0 unspecified atom stereocenters. The topological polar surface area (TPSA) is 33.1 Å². The summed E-state index contributed by atoms with van der Waals surface area (Å²) >= 11 is 0. The van der Waals surface area contributed by atoms with Crippen molar-refractivity contribution in [1.82, 2.24) is 4.98 Å². The third-order valence-corrected chi connectivity index (χ3v) is 2.60. The molecule has 1 N–H and O–H groups in total. The summed E-state index contributed by atoms with van der Waals surface area (Å²) in [6.07, 6.45) is 3.25. The molecular weight excluding hydrogens is 217 g/mol. The van der Waals surface area contributed by atoms with Crippen LogP contribution in [0.2, 0.25) is 0 Å². The fourth-order valence-corrected chi connectivity index (χ4v) is 1.68. The van der Waals surface area contributed by atoms with Gasteiger partial charge in [0.05, 0.1) is 5.69 Å². The van der Waals surface area contributed by atoms with Crippen LogP contribution in [0.4, 0.5) is 4.39 Å². The Morgan fingerprint density at radius 1 is 1.12 bits per heavy atom. The van der Waals surface area contributed by atoms with Crippen LogP contribution >= 0.6 is 0 Å². The fourth-order valence-electron chi connectivity index (χ4n) is 1.68. The van der Waals surface area contributed by atoms with Crippen molar-refractivity contribution in [3.8, 4) is 11.3 Å². The Kier molecular flexibility index (Phi) is 3.83. The van der Waals surface area contributed by atoms with Crippen molar-refractivity contribution in [2.75, 3.05) is 6.61 Å². The molecule has 0 saturated carbocycles. The van der Waals surface area contributed by atoms with Gasteiger partial charge in [0, 0.05) is 18.4 Å². The van der Waals surface area contributed by atoms with Crippen molar-refractivity contribution >= 4 is 0 Å². The quantitative estimate of drug-likeness (QED) is 0.877. The number of benzene rings is 1. The second-order valence-electron chi connectivity index (χ2n) is 3.86. The van der Waals surface area contributed by atoms with Crippen LogP contribution in [0.5, 0.6) is 0 Å². The predicted molar refractivity (Wildman–Crippen MR) is 65.0 cm³/mol. The number of rotatable bonds is 4. The van der Waals surface area contributed by atoms with Gasteiger partial charge in [0.1, 0.15) is 5.82 Å². The average molecular weight is 231 g/mol. The molecule has 2 aromatic rings. The van der Waals surface area contributed by atoms with Crippen molar-refractivity contribution in [1.29, 1.82) is 0 Å². The Bertz CT molecular complexity index is 482. The van der Waals surface area contributed by atoms with Gasteiger partial charge in [0.15, 0.2) is 0 Å². The summed E-state index contributed by atoms with van der Waals surface area (Å²) in [5.74, 6) is -0.261. The number of nitrogens with zero attached hydrogens (tertiary/aromatic N) is 1. The van der Waals surface area contributed by atoms with E-state index < -0.39 is 0 Å². The van der Waals surface area contributed by atoms with Gasteiger partial charge in [-0.2, -0.15) is 0 Å². The first kappa shape index (κ1) is 11.7. The molecule has 0 amide bonds. The van der Waals surface area contributed by atoms with Gasteiger partial charge in [-0.3, -0.25) is 4.98 Å². The van der Waals surface area contributed by atoms with Gasteiger partial charge in [0.25, 0.3) is 0 Å². The van der Waals surface area contributed by atoms with Crippen molar-refractivity contribution in [3.63, 3.8) is 0 Å². The summed E-state index contributed by atoms with van der Waals surface area (Å²) in [7, 11) is 0. The molecule has 1 heterocycles. The molecule has 0 aliphatic rings. The molecule has 88 valence electrons. The number of aliphatic hydroxyl groups excluding tert-OH is 1. The number of pyridine rings is 1. The van der Waals surface area contributed by atoms with Crippen molar-refractivity contribution < 1.29 is 9.50 Å². The molecule has 17 heavy (non-hydrogen) atoms. The molecular formula is C14H14FNO. The van der Waals surface area contributed by atoms with Gasteiger partial charge in [0.2, 0.25) is 0 Å². The minimum absolute atomic E-state index is 0.176. The van der Waals surface area contributed by atoms with E-state index in [0.717, 1.165) is 18.4 Å². The van der Waals surface area contributed by atoms with E-state index in [1.54, 1.807) is 24.4 Å². The Hall–Kier alpha value is -1.74. The molecule has 1 aromatic carbocycles. The molecule has 0 radical (unpaired) electrons. The monoisotopic (exact) mass is 231 g/mol. The number of aliphatic hydroxyl groups is 1. The minimum atomic E-state index is -0.261. The zero-order valence-electron chi connectivity index (χ0n) is 9.44. The predicted octanol–water partition coefficient (Wildman–Crippen LogP) is 2.81. The molecule has 0 aliphatic carbocycles. The van der Waals surface area contributed by atoms with E-state index in [4.69, 9.17) is 5.11 Å². The summed E-state index contributed by atoms with van der Waals surface area (Å²) in [5, 5.41) is 8.73. The van der Waals surface area contributed by atoms with E-state index >= 15 is 0 Å². The smallest absolute Gasteiger partial charge is 0.132 e. The average Bonchev–Trinajstić information content (AvgIpc) is 2.38. The van der Waals surface area contributed by atoms with Gasteiger partial charge in [-0.25, -0.2) is 4.39 Å². The normalized spacial score (nSPS) is 10.5. The van der Waals surface area contributed by atoms with E-state index in [1.807, 2.05) is 12.1 Å². The summed E-state index contributed by atoms with van der Waals surface area (Å²) in [6.45, 7) is 0.176. The molecule has 1 aromatic heterocycles. The summed E-state index contributed by atoms with van der Waals surface area (Å²) in [4.78, 5) is 4.24. The van der Waals surface area contributed by atoms with E-state index in [-0.39, 0.29) is 12.4 Å². The maximum Gasteiger partial charge on any atom is 0.132 e. The van der Waals surface area contributed by atoms with Gasteiger partial charge in [-0.05, 0) is 36.6 Å². The molecule has 0 fully saturated rings. The molecule has 0 spiro atoms. The van der Waals surface area contributed by atoms with Crippen LogP contribution in [0, 0.1) is 5.82 Å². The van der Waals surface area contributed by atoms with Crippen LogP contribution in [-0.2, 0) is 6.42 Å². The lowest BCUT2D eigenvalue weighted by Gasteiger charge is -2.04. The third kappa shape index (κ3) is 2.88. The Labute approximate surface area is 99.8 Å². The van der Waals surface area contributed by atoms with Crippen LogP contribution in [0.25, 0.3) is 11.3 Å². The number of hydrogen-bond acceptors (Lipinski definition) is 2. The van der Waals surface area contributed by atoms with Crippen LogP contribution in [0.1, 0.15) is 12.0 Å². The third-order valence-electron chi connectivity index (χ3n) is 2.60. The maximum atomic E-state index is 13.5. The first-order valence-electron chi connectivity index (χ1n) is 5.62. The van der Waals surface area contributed by atoms with Gasteiger partial charge < -0.3 is 5.11 Å². The van der Waals surface area contributed by atoms with Crippen molar-refractivity contribution in [3.05, 3.63) is 54.0 Å². The molecule has 0 atom stereocenters. The first-order valence-corrected chi connectivity index (χ1v) is 5.62. The lowest BCUT2D eigenvalue weighted by atomic mass is 10.1. The lowest BCUT2D eigenvalue weighted by molar-refractivity contribution is 0.288. The standard InChI is InChI=1S/C14H14FNO/c15-13-6-2-1-5-12(13)14-8-7-11(10-16-14)4-3-9-17/h1-2,5-8,10,17H,3-4,9H2. The molecule has 0 bridgehead atoms.